The Bertz CT molecular complexity index is 1750. The zero-order valence-electron chi connectivity index (χ0n) is 17.5. The quantitative estimate of drug-likeness (QED) is 0.394. The molecule has 34 heavy (non-hydrogen) atoms. The number of nitriles is 1. The van der Waals surface area contributed by atoms with Crippen LogP contribution in [0.2, 0.25) is 5.02 Å². The van der Waals surface area contributed by atoms with Gasteiger partial charge in [-0.25, -0.2) is 13.8 Å². The van der Waals surface area contributed by atoms with Gasteiger partial charge in [0.25, 0.3) is 5.56 Å². The number of fused-ring (bicyclic) bond motifs is 2. The van der Waals surface area contributed by atoms with Gasteiger partial charge in [0.05, 0.1) is 53.7 Å². The number of hydrogen-bond donors (Lipinski definition) is 1. The van der Waals surface area contributed by atoms with E-state index in [-0.39, 0.29) is 34.1 Å². The second-order valence-electron chi connectivity index (χ2n) is 7.27. The number of hydrogen-bond acceptors (Lipinski definition) is 7. The Morgan fingerprint density at radius 1 is 1.26 bits per heavy atom. The fraction of sp³-hybridized carbons (Fsp3) is 0.136. The van der Waals surface area contributed by atoms with Crippen LogP contribution in [0.1, 0.15) is 6.42 Å². The van der Waals surface area contributed by atoms with Gasteiger partial charge in [-0.3, -0.25) is 19.4 Å². The van der Waals surface area contributed by atoms with Gasteiger partial charge in [-0.15, -0.1) is 11.3 Å². The summed E-state index contributed by atoms with van der Waals surface area (Å²) in [7, 11) is 1.34. The predicted molar refractivity (Wildman–Crippen MR) is 126 cm³/mol. The van der Waals surface area contributed by atoms with Crippen LogP contribution in [0.25, 0.3) is 37.2 Å². The molecule has 0 spiro atoms. The third kappa shape index (κ3) is 3.35. The molecule has 0 atom stereocenters. The molecule has 0 aliphatic rings. The molecular weight excluding hydrogens is 483 g/mol. The molecule has 0 bridgehead atoms. The fourth-order valence-electron chi connectivity index (χ4n) is 3.77. The number of H-pyrrole nitrogens is 1. The van der Waals surface area contributed by atoms with Gasteiger partial charge >= 0.3 is 5.69 Å². The molecule has 9 nitrogen and oxygen atoms in total. The Labute approximate surface area is 199 Å². The summed E-state index contributed by atoms with van der Waals surface area (Å²) < 4.78 is 21.8. The maximum absolute atomic E-state index is 14.1. The summed E-state index contributed by atoms with van der Waals surface area (Å²) in [5.74, 6) is -0.626. The number of halogens is 2. The van der Waals surface area contributed by atoms with Crippen LogP contribution in [0.15, 0.2) is 46.4 Å². The number of aromatic amines is 1. The van der Waals surface area contributed by atoms with E-state index in [2.05, 4.69) is 15.2 Å². The van der Waals surface area contributed by atoms with Crippen LogP contribution < -0.4 is 16.0 Å². The highest BCUT2D eigenvalue weighted by Gasteiger charge is 2.21. The highest BCUT2D eigenvalue weighted by atomic mass is 35.5. The molecule has 0 saturated heterocycles. The maximum atomic E-state index is 14.1. The van der Waals surface area contributed by atoms with Gasteiger partial charge in [-0.1, -0.05) is 11.6 Å². The number of aryl methyl sites for hydroxylation is 1. The molecule has 4 aromatic heterocycles. The highest BCUT2D eigenvalue weighted by Crippen LogP contribution is 2.39. The molecule has 1 N–H and O–H groups in total. The summed E-state index contributed by atoms with van der Waals surface area (Å²) in [4.78, 5) is 31.7. The second-order valence-corrected chi connectivity index (χ2v) is 8.73. The lowest BCUT2D eigenvalue weighted by Gasteiger charge is -2.11. The minimum atomic E-state index is -0.621. The first-order chi connectivity index (χ1) is 16.4. The Hall–Kier alpha value is -4.01. The molecule has 5 aromatic rings. The third-order valence-electron chi connectivity index (χ3n) is 5.35. The number of rotatable bonds is 5. The summed E-state index contributed by atoms with van der Waals surface area (Å²) >= 11 is 7.40. The summed E-state index contributed by atoms with van der Waals surface area (Å²) in [6, 6.07) is 6.23. The molecular formula is C22H14ClFN6O3S. The number of ether oxygens (including phenoxy) is 1. The fourth-order valence-corrected chi connectivity index (χ4v) is 5.20. The zero-order chi connectivity index (χ0) is 24.0. The van der Waals surface area contributed by atoms with Gasteiger partial charge in [0, 0.05) is 28.6 Å². The summed E-state index contributed by atoms with van der Waals surface area (Å²) in [5.41, 5.74) is 0.342. The maximum Gasteiger partial charge on any atom is 0.336 e. The van der Waals surface area contributed by atoms with Crippen molar-refractivity contribution in [3.8, 4) is 27.9 Å². The molecule has 0 aliphatic carbocycles. The third-order valence-corrected chi connectivity index (χ3v) is 6.81. The molecule has 0 fully saturated rings. The van der Waals surface area contributed by atoms with Crippen LogP contribution in [-0.2, 0) is 6.54 Å². The molecule has 0 aliphatic heterocycles. The van der Waals surface area contributed by atoms with Crippen molar-refractivity contribution in [2.45, 2.75) is 13.0 Å². The average Bonchev–Trinajstić information content (AvgIpc) is 3.47. The second kappa shape index (κ2) is 8.40. The predicted octanol–water partition coefficient (Wildman–Crippen LogP) is 3.87. The largest absolute Gasteiger partial charge is 0.494 e. The molecule has 0 saturated carbocycles. The zero-order valence-corrected chi connectivity index (χ0v) is 19.1. The van der Waals surface area contributed by atoms with E-state index in [0.29, 0.717) is 26.9 Å². The van der Waals surface area contributed by atoms with Crippen LogP contribution in [0.3, 0.4) is 0 Å². The number of nitrogens with one attached hydrogen (secondary N) is 1. The minimum Gasteiger partial charge on any atom is -0.494 e. The van der Waals surface area contributed by atoms with Gasteiger partial charge in [-0.2, -0.15) is 10.4 Å². The number of methoxy groups -OCH3 is 1. The van der Waals surface area contributed by atoms with E-state index < -0.39 is 17.1 Å². The normalized spacial score (nSPS) is 11.2. The van der Waals surface area contributed by atoms with Gasteiger partial charge in [0.1, 0.15) is 4.70 Å². The Morgan fingerprint density at radius 2 is 2.09 bits per heavy atom. The van der Waals surface area contributed by atoms with Crippen molar-refractivity contribution in [3.63, 3.8) is 0 Å². The summed E-state index contributed by atoms with van der Waals surface area (Å²) in [5, 5.41) is 16.6. The van der Waals surface area contributed by atoms with E-state index in [0.717, 1.165) is 22.0 Å². The minimum absolute atomic E-state index is 0.00636. The van der Waals surface area contributed by atoms with Crippen molar-refractivity contribution >= 4 is 44.1 Å². The van der Waals surface area contributed by atoms with Crippen LogP contribution in [0, 0.1) is 17.1 Å². The van der Waals surface area contributed by atoms with Crippen molar-refractivity contribution in [3.05, 3.63) is 68.5 Å². The van der Waals surface area contributed by atoms with Gasteiger partial charge < -0.3 is 4.74 Å². The Balaban J connectivity index is 1.84. The lowest BCUT2D eigenvalue weighted by molar-refractivity contribution is 0.387. The number of pyridine rings is 1. The standard InChI is InChI=1S/C22H14ClFN6O3S/c1-33-17-5-12(13(23)6-14(17)24)18-7-15-20(34-18)21(31)30(22(32)29(15)4-2-3-25)16-10-26-8-11-9-27-28-19(11)16/h5-10H,2,4H2,1H3,(H,27,28). The molecule has 1 aromatic carbocycles. The topological polar surface area (TPSA) is 119 Å². The molecule has 12 heteroatoms. The van der Waals surface area contributed by atoms with Crippen molar-refractivity contribution < 1.29 is 9.13 Å². The van der Waals surface area contributed by atoms with Crippen molar-refractivity contribution in [2.24, 2.45) is 0 Å². The first-order valence-corrected chi connectivity index (χ1v) is 11.1. The van der Waals surface area contributed by atoms with Gasteiger partial charge in [0.2, 0.25) is 0 Å². The van der Waals surface area contributed by atoms with Crippen LogP contribution in [0.5, 0.6) is 5.75 Å². The van der Waals surface area contributed by atoms with E-state index in [1.54, 1.807) is 12.3 Å². The van der Waals surface area contributed by atoms with Gasteiger partial charge in [-0.05, 0) is 18.2 Å². The van der Waals surface area contributed by atoms with E-state index >= 15 is 0 Å². The molecule has 4 heterocycles. The monoisotopic (exact) mass is 496 g/mol. The van der Waals surface area contributed by atoms with Gasteiger partial charge in [0.15, 0.2) is 11.6 Å². The molecule has 0 amide bonds. The van der Waals surface area contributed by atoms with Crippen molar-refractivity contribution in [2.75, 3.05) is 7.11 Å². The molecule has 170 valence electrons. The molecule has 0 unspecified atom stereocenters. The Kier molecular flexibility index (Phi) is 5.39. The average molecular weight is 497 g/mol. The number of benzene rings is 1. The van der Waals surface area contributed by atoms with Crippen LogP contribution in [-0.4, -0.2) is 31.4 Å². The molecule has 0 radical (unpaired) electrons. The van der Waals surface area contributed by atoms with Crippen LogP contribution in [0.4, 0.5) is 4.39 Å². The first-order valence-electron chi connectivity index (χ1n) is 9.91. The number of thiophene rings is 1. The lowest BCUT2D eigenvalue weighted by Crippen LogP contribution is -2.38. The summed E-state index contributed by atoms with van der Waals surface area (Å²) in [6.07, 6.45) is 4.56. The number of nitrogens with zero attached hydrogens (tertiary/aromatic N) is 5. The smallest absolute Gasteiger partial charge is 0.336 e. The molecule has 5 rings (SSSR count). The lowest BCUT2D eigenvalue weighted by atomic mass is 10.1. The SMILES string of the molecule is COc1cc(-c2cc3c(s2)c(=O)n(-c2cncc4cn[nH]c24)c(=O)n3CCC#N)c(Cl)cc1F. The Morgan fingerprint density at radius 3 is 2.85 bits per heavy atom. The van der Waals surface area contributed by atoms with E-state index in [1.165, 1.54) is 30.1 Å². The van der Waals surface area contributed by atoms with Crippen molar-refractivity contribution in [1.82, 2.24) is 24.3 Å². The van der Waals surface area contributed by atoms with Crippen LogP contribution >= 0.6 is 22.9 Å². The first kappa shape index (κ1) is 21.8. The number of aromatic nitrogens is 5. The summed E-state index contributed by atoms with van der Waals surface area (Å²) in [6.45, 7) is 0.0646. The van der Waals surface area contributed by atoms with E-state index in [9.17, 15) is 14.0 Å². The van der Waals surface area contributed by atoms with Crippen molar-refractivity contribution in [1.29, 1.82) is 5.26 Å². The van der Waals surface area contributed by atoms with E-state index in [4.69, 9.17) is 21.6 Å². The highest BCUT2D eigenvalue weighted by molar-refractivity contribution is 7.22. The van der Waals surface area contributed by atoms with E-state index in [1.807, 2.05) is 6.07 Å².